The van der Waals surface area contributed by atoms with E-state index in [9.17, 15) is 9.18 Å². The molecule has 0 radical (unpaired) electrons. The Labute approximate surface area is 208 Å². The highest BCUT2D eigenvalue weighted by atomic mass is 32.2. The lowest BCUT2D eigenvalue weighted by molar-refractivity contribution is 0.0959. The summed E-state index contributed by atoms with van der Waals surface area (Å²) in [5.74, 6) is -0.766. The number of pyridine rings is 1. The molecule has 0 aliphatic rings. The summed E-state index contributed by atoms with van der Waals surface area (Å²) in [4.78, 5) is 20.7. The van der Waals surface area contributed by atoms with Crippen LogP contribution in [0.2, 0.25) is 0 Å². The van der Waals surface area contributed by atoms with Crippen molar-refractivity contribution in [1.82, 2.24) is 25.4 Å². The second-order valence-electron chi connectivity index (χ2n) is 8.02. The van der Waals surface area contributed by atoms with E-state index in [0.717, 1.165) is 46.8 Å². The molecule has 0 fully saturated rings. The van der Waals surface area contributed by atoms with Gasteiger partial charge in [0.2, 0.25) is 0 Å². The van der Waals surface area contributed by atoms with E-state index in [4.69, 9.17) is 0 Å². The van der Waals surface area contributed by atoms with E-state index in [1.54, 1.807) is 6.07 Å². The summed E-state index contributed by atoms with van der Waals surface area (Å²) in [6.07, 6.45) is 5.82. The van der Waals surface area contributed by atoms with Crippen LogP contribution in [0.1, 0.15) is 41.2 Å². The van der Waals surface area contributed by atoms with E-state index < -0.39 is 5.82 Å². The zero-order valence-corrected chi connectivity index (χ0v) is 20.8. The summed E-state index contributed by atoms with van der Waals surface area (Å²) in [6, 6.07) is 14.3. The van der Waals surface area contributed by atoms with Crippen molar-refractivity contribution in [1.29, 1.82) is 0 Å². The summed E-state index contributed by atoms with van der Waals surface area (Å²) in [5, 5.41) is 11.1. The van der Waals surface area contributed by atoms with E-state index in [-0.39, 0.29) is 5.91 Å². The van der Waals surface area contributed by atoms with Gasteiger partial charge >= 0.3 is 0 Å². The molecule has 0 bridgehead atoms. The van der Waals surface area contributed by atoms with Gasteiger partial charge in [0.25, 0.3) is 5.91 Å². The maximum absolute atomic E-state index is 13.7. The van der Waals surface area contributed by atoms with Gasteiger partial charge in [-0.1, -0.05) is 31.7 Å². The van der Waals surface area contributed by atoms with Gasteiger partial charge in [-0.25, -0.2) is 4.39 Å². The number of fused-ring (bicyclic) bond motifs is 1. The van der Waals surface area contributed by atoms with Gasteiger partial charge in [0.1, 0.15) is 5.82 Å². The van der Waals surface area contributed by atoms with Crippen LogP contribution in [0.5, 0.6) is 0 Å². The Kier molecular flexibility index (Phi) is 7.94. The molecule has 2 N–H and O–H groups in total. The summed E-state index contributed by atoms with van der Waals surface area (Å²) in [5.41, 5.74) is 4.07. The lowest BCUT2D eigenvalue weighted by atomic mass is 10.2. The van der Waals surface area contributed by atoms with Gasteiger partial charge in [-0.2, -0.15) is 5.10 Å². The van der Waals surface area contributed by atoms with Gasteiger partial charge in [-0.15, -0.1) is 0 Å². The predicted molar refractivity (Wildman–Crippen MR) is 140 cm³/mol. The van der Waals surface area contributed by atoms with Gasteiger partial charge in [-0.3, -0.25) is 19.8 Å². The zero-order chi connectivity index (χ0) is 24.8. The van der Waals surface area contributed by atoms with Crippen LogP contribution in [0.25, 0.3) is 23.1 Å². The Morgan fingerprint density at radius 2 is 1.94 bits per heavy atom. The largest absolute Gasteiger partial charge is 0.355 e. The number of benzene rings is 2. The number of hydrogen-bond acceptors (Lipinski definition) is 5. The summed E-state index contributed by atoms with van der Waals surface area (Å²) in [7, 11) is 1.53. The van der Waals surface area contributed by atoms with Crippen LogP contribution >= 0.6 is 11.8 Å². The van der Waals surface area contributed by atoms with Crippen molar-refractivity contribution in [2.45, 2.75) is 30.2 Å². The second kappa shape index (κ2) is 11.3. The number of nitrogens with one attached hydrogen (secondary N) is 2. The normalized spacial score (nSPS) is 11.6. The van der Waals surface area contributed by atoms with Crippen molar-refractivity contribution in [3.8, 4) is 0 Å². The molecule has 0 unspecified atom stereocenters. The molecule has 0 saturated heterocycles. The summed E-state index contributed by atoms with van der Waals surface area (Å²) >= 11 is 1.40. The molecule has 2 aromatic heterocycles. The minimum atomic E-state index is -0.443. The Morgan fingerprint density at radius 1 is 1.11 bits per heavy atom. The quantitative estimate of drug-likeness (QED) is 0.319. The summed E-state index contributed by atoms with van der Waals surface area (Å²) in [6.45, 7) is 7.26. The van der Waals surface area contributed by atoms with Crippen LogP contribution in [-0.2, 0) is 6.54 Å². The number of halogens is 1. The number of H-pyrrole nitrogens is 1. The van der Waals surface area contributed by atoms with Crippen molar-refractivity contribution in [2.75, 3.05) is 20.1 Å². The fourth-order valence-electron chi connectivity index (χ4n) is 3.74. The van der Waals surface area contributed by atoms with Gasteiger partial charge in [0.05, 0.1) is 22.5 Å². The molecule has 35 heavy (non-hydrogen) atoms. The highest BCUT2D eigenvalue weighted by Crippen LogP contribution is 2.33. The fraction of sp³-hybridized carbons (Fsp3) is 0.222. The van der Waals surface area contributed by atoms with Crippen molar-refractivity contribution in [3.63, 3.8) is 0 Å². The maximum Gasteiger partial charge on any atom is 0.252 e. The SMILES string of the molecule is CCN(CC)Cc1ccc(/C=C/c2n[nH]c3cc(Sc4ccc(F)cc4C(=O)NC)ccc23)nc1. The van der Waals surface area contributed by atoms with E-state index >= 15 is 0 Å². The molecule has 0 atom stereocenters. The van der Waals surface area contributed by atoms with Crippen LogP contribution in [0, 0.1) is 5.82 Å². The van der Waals surface area contributed by atoms with E-state index in [1.165, 1.54) is 36.5 Å². The van der Waals surface area contributed by atoms with Crippen LogP contribution in [-0.4, -0.2) is 46.1 Å². The van der Waals surface area contributed by atoms with E-state index in [2.05, 4.69) is 45.3 Å². The smallest absolute Gasteiger partial charge is 0.252 e. The molecule has 0 spiro atoms. The molecule has 180 valence electrons. The standard InChI is InChI=1S/C27H28FN5OS/c1-4-33(5-2)17-18-6-8-20(30-16-18)9-12-24-22-11-10-21(15-25(22)32-31-24)35-26-13-7-19(28)14-23(26)27(34)29-3/h6-16H,4-5,17H2,1-3H3,(H,29,34)(H,31,32)/b12-9+. The average Bonchev–Trinajstić information content (AvgIpc) is 3.29. The van der Waals surface area contributed by atoms with E-state index in [1.807, 2.05) is 42.6 Å². The number of amides is 1. The Balaban J connectivity index is 1.50. The molecule has 1 amide bonds. The van der Waals surface area contributed by atoms with Crippen molar-refractivity contribution in [3.05, 3.63) is 83.1 Å². The minimum Gasteiger partial charge on any atom is -0.355 e. The third kappa shape index (κ3) is 5.96. The molecule has 0 aliphatic heterocycles. The fourth-order valence-corrected chi connectivity index (χ4v) is 4.70. The first-order valence-corrected chi connectivity index (χ1v) is 12.3. The lowest BCUT2D eigenvalue weighted by Gasteiger charge is -2.17. The first-order chi connectivity index (χ1) is 17.0. The number of carbonyl (C=O) groups excluding carboxylic acids is 1. The molecule has 2 heterocycles. The molecule has 0 saturated carbocycles. The predicted octanol–water partition coefficient (Wildman–Crippen LogP) is 5.62. The topological polar surface area (TPSA) is 73.9 Å². The summed E-state index contributed by atoms with van der Waals surface area (Å²) < 4.78 is 13.7. The van der Waals surface area contributed by atoms with Gasteiger partial charge in [0.15, 0.2) is 0 Å². The highest BCUT2D eigenvalue weighted by molar-refractivity contribution is 7.99. The molecular formula is C27H28FN5OS. The molecule has 4 aromatic rings. The Hall–Kier alpha value is -3.49. The third-order valence-electron chi connectivity index (χ3n) is 5.77. The number of aromatic nitrogens is 3. The number of rotatable bonds is 9. The first-order valence-electron chi connectivity index (χ1n) is 11.5. The van der Waals surface area contributed by atoms with Gasteiger partial charge in [-0.05, 0) is 73.3 Å². The molecule has 2 aromatic carbocycles. The Morgan fingerprint density at radius 3 is 2.66 bits per heavy atom. The van der Waals surface area contributed by atoms with Crippen LogP contribution in [0.4, 0.5) is 4.39 Å². The lowest BCUT2D eigenvalue weighted by Crippen LogP contribution is -2.22. The molecule has 0 aliphatic carbocycles. The van der Waals surface area contributed by atoms with E-state index in [0.29, 0.717) is 10.5 Å². The number of aromatic amines is 1. The molecule has 4 rings (SSSR count). The number of hydrogen-bond donors (Lipinski definition) is 2. The maximum atomic E-state index is 13.7. The van der Waals surface area contributed by atoms with Crippen molar-refractivity contribution in [2.24, 2.45) is 0 Å². The number of carbonyl (C=O) groups is 1. The van der Waals surface area contributed by atoms with Gasteiger partial charge in [0, 0.05) is 35.0 Å². The molecular weight excluding hydrogens is 461 g/mol. The monoisotopic (exact) mass is 489 g/mol. The van der Waals surface area contributed by atoms with Crippen LogP contribution in [0.3, 0.4) is 0 Å². The first kappa shape index (κ1) is 24.6. The second-order valence-corrected chi connectivity index (χ2v) is 9.14. The van der Waals surface area contributed by atoms with Crippen molar-refractivity contribution >= 4 is 40.7 Å². The minimum absolute atomic E-state index is 0.307. The third-order valence-corrected chi connectivity index (χ3v) is 6.83. The van der Waals surface area contributed by atoms with Crippen molar-refractivity contribution < 1.29 is 9.18 Å². The highest BCUT2D eigenvalue weighted by Gasteiger charge is 2.13. The average molecular weight is 490 g/mol. The molecule has 6 nitrogen and oxygen atoms in total. The van der Waals surface area contributed by atoms with Crippen LogP contribution in [0.15, 0.2) is 64.5 Å². The molecule has 8 heteroatoms. The van der Waals surface area contributed by atoms with Crippen LogP contribution < -0.4 is 5.32 Å². The Bertz CT molecular complexity index is 1350. The van der Waals surface area contributed by atoms with Gasteiger partial charge < -0.3 is 5.32 Å². The zero-order valence-electron chi connectivity index (χ0n) is 20.0. The number of nitrogens with zero attached hydrogens (tertiary/aromatic N) is 3.